The van der Waals surface area contributed by atoms with E-state index in [1.807, 2.05) is 30.3 Å². The highest BCUT2D eigenvalue weighted by Crippen LogP contribution is 2.37. The molecule has 0 saturated carbocycles. The first kappa shape index (κ1) is 13.4. The van der Waals surface area contributed by atoms with Gasteiger partial charge < -0.3 is 4.57 Å². The van der Waals surface area contributed by atoms with E-state index < -0.39 is 0 Å². The van der Waals surface area contributed by atoms with Crippen LogP contribution in [0.4, 0.5) is 0 Å². The average Bonchev–Trinajstić information content (AvgIpc) is 3.18. The highest BCUT2D eigenvalue weighted by molar-refractivity contribution is 6.00. The van der Waals surface area contributed by atoms with Crippen LogP contribution in [0.1, 0.15) is 12.0 Å². The maximum Gasteiger partial charge on any atom is 0.272 e. The molecular formula is C20H17N3O. The normalized spacial score (nSPS) is 13.5. The fraction of sp³-hybridized carbons (Fsp3) is 0.150. The third kappa shape index (κ3) is 1.83. The van der Waals surface area contributed by atoms with Gasteiger partial charge in [-0.25, -0.2) is 0 Å². The van der Waals surface area contributed by atoms with E-state index in [9.17, 15) is 4.79 Å². The van der Waals surface area contributed by atoms with Crippen molar-refractivity contribution in [3.8, 4) is 22.4 Å². The molecule has 0 radical (unpaired) electrons. The van der Waals surface area contributed by atoms with Crippen LogP contribution in [0.25, 0.3) is 33.3 Å². The lowest BCUT2D eigenvalue weighted by Crippen LogP contribution is -2.05. The molecule has 24 heavy (non-hydrogen) atoms. The molecule has 0 atom stereocenters. The number of hydrogen-bond acceptors (Lipinski definition) is 1. The first-order valence-corrected chi connectivity index (χ1v) is 8.30. The van der Waals surface area contributed by atoms with Crippen molar-refractivity contribution in [2.45, 2.75) is 19.4 Å². The zero-order chi connectivity index (χ0) is 16.1. The van der Waals surface area contributed by atoms with Gasteiger partial charge >= 0.3 is 0 Å². The Morgan fingerprint density at radius 1 is 0.958 bits per heavy atom. The van der Waals surface area contributed by atoms with Gasteiger partial charge in [0.15, 0.2) is 0 Å². The zero-order valence-corrected chi connectivity index (χ0v) is 13.2. The molecule has 4 nitrogen and oxygen atoms in total. The van der Waals surface area contributed by atoms with Gasteiger partial charge in [0.1, 0.15) is 0 Å². The summed E-state index contributed by atoms with van der Waals surface area (Å²) in [5.41, 5.74) is 6.18. The number of para-hydroxylation sites is 1. The number of rotatable bonds is 2. The molecule has 3 heterocycles. The molecule has 0 amide bonds. The maximum atomic E-state index is 12.6. The Balaban J connectivity index is 1.83. The number of nitrogens with one attached hydrogen (secondary N) is 2. The van der Waals surface area contributed by atoms with Gasteiger partial charge in [0.25, 0.3) is 5.56 Å². The topological polar surface area (TPSA) is 53.6 Å². The molecule has 0 spiro atoms. The van der Waals surface area contributed by atoms with Gasteiger partial charge in [0.05, 0.1) is 16.8 Å². The van der Waals surface area contributed by atoms with E-state index in [0.29, 0.717) is 0 Å². The number of aromatic nitrogens is 3. The van der Waals surface area contributed by atoms with Crippen molar-refractivity contribution in [2.24, 2.45) is 0 Å². The quantitative estimate of drug-likeness (QED) is 0.578. The molecule has 4 aromatic rings. The molecule has 4 heteroatoms. The van der Waals surface area contributed by atoms with Crippen LogP contribution in [0.2, 0.25) is 0 Å². The van der Waals surface area contributed by atoms with Crippen LogP contribution in [0.3, 0.4) is 0 Å². The van der Waals surface area contributed by atoms with E-state index >= 15 is 0 Å². The Labute approximate surface area is 138 Å². The standard InChI is InChI=1S/C20H17N3O/c24-20-17(18(21-22-20)13-6-2-1-3-7-13)16-12-23-11-5-9-14-8-4-10-15(16)19(14)23/h1-4,6-8,10,12H,5,9,11H2,(H2,21,22,24). The average molecular weight is 315 g/mol. The predicted molar refractivity (Wildman–Crippen MR) is 96.1 cm³/mol. The molecule has 118 valence electrons. The Hall–Kier alpha value is -3.01. The van der Waals surface area contributed by atoms with Crippen molar-refractivity contribution in [3.63, 3.8) is 0 Å². The predicted octanol–water partition coefficient (Wildman–Crippen LogP) is 3.94. The van der Waals surface area contributed by atoms with E-state index in [0.717, 1.165) is 47.2 Å². The minimum atomic E-state index is -0.0717. The van der Waals surface area contributed by atoms with Crippen LogP contribution in [-0.4, -0.2) is 14.8 Å². The van der Waals surface area contributed by atoms with Gasteiger partial charge in [-0.3, -0.25) is 15.0 Å². The van der Waals surface area contributed by atoms with Gasteiger partial charge in [0.2, 0.25) is 0 Å². The summed E-state index contributed by atoms with van der Waals surface area (Å²) in [7, 11) is 0. The minimum Gasteiger partial charge on any atom is -0.347 e. The lowest BCUT2D eigenvalue weighted by molar-refractivity contribution is 0.636. The Morgan fingerprint density at radius 3 is 2.71 bits per heavy atom. The first-order valence-electron chi connectivity index (χ1n) is 8.30. The van der Waals surface area contributed by atoms with Crippen molar-refractivity contribution < 1.29 is 0 Å². The molecule has 0 bridgehead atoms. The number of hydrogen-bond donors (Lipinski definition) is 2. The van der Waals surface area contributed by atoms with Crippen molar-refractivity contribution in [1.82, 2.24) is 14.8 Å². The van der Waals surface area contributed by atoms with Crippen LogP contribution in [0, 0.1) is 0 Å². The second kappa shape index (κ2) is 4.99. The fourth-order valence-corrected chi connectivity index (χ4v) is 3.89. The molecule has 2 N–H and O–H groups in total. The summed E-state index contributed by atoms with van der Waals surface area (Å²) in [5.74, 6) is 0. The van der Waals surface area contributed by atoms with Gasteiger partial charge in [-0.05, 0) is 18.4 Å². The van der Waals surface area contributed by atoms with Crippen molar-refractivity contribution in [1.29, 1.82) is 0 Å². The smallest absolute Gasteiger partial charge is 0.272 e. The summed E-state index contributed by atoms with van der Waals surface area (Å²) in [5, 5.41) is 6.99. The van der Waals surface area contributed by atoms with Crippen LogP contribution < -0.4 is 5.56 Å². The van der Waals surface area contributed by atoms with E-state index in [4.69, 9.17) is 0 Å². The number of aryl methyl sites for hydroxylation is 2. The SMILES string of the molecule is O=c1[nH][nH]c(-c2ccccc2)c1-c1cn2c3c(cccc13)CCC2. The molecule has 1 aliphatic heterocycles. The summed E-state index contributed by atoms with van der Waals surface area (Å²) >= 11 is 0. The molecule has 0 aliphatic carbocycles. The summed E-state index contributed by atoms with van der Waals surface area (Å²) in [6, 6.07) is 16.4. The summed E-state index contributed by atoms with van der Waals surface area (Å²) in [6.07, 6.45) is 4.39. The number of aromatic amines is 2. The highest BCUT2D eigenvalue weighted by atomic mass is 16.1. The number of H-pyrrole nitrogens is 2. The molecule has 2 aromatic heterocycles. The van der Waals surface area contributed by atoms with E-state index in [-0.39, 0.29) is 5.56 Å². The van der Waals surface area contributed by atoms with Gasteiger partial charge in [-0.2, -0.15) is 0 Å². The largest absolute Gasteiger partial charge is 0.347 e. The van der Waals surface area contributed by atoms with Crippen molar-refractivity contribution >= 4 is 10.9 Å². The van der Waals surface area contributed by atoms with Crippen LogP contribution in [0.5, 0.6) is 0 Å². The lowest BCUT2D eigenvalue weighted by Gasteiger charge is -2.14. The highest BCUT2D eigenvalue weighted by Gasteiger charge is 2.21. The Bertz CT molecular complexity index is 1100. The first-order chi connectivity index (χ1) is 11.8. The maximum absolute atomic E-state index is 12.6. The Kier molecular flexibility index (Phi) is 2.80. The summed E-state index contributed by atoms with van der Waals surface area (Å²) < 4.78 is 2.30. The monoisotopic (exact) mass is 315 g/mol. The summed E-state index contributed by atoms with van der Waals surface area (Å²) in [4.78, 5) is 12.6. The second-order valence-electron chi connectivity index (χ2n) is 6.35. The third-order valence-electron chi connectivity index (χ3n) is 4.94. The van der Waals surface area contributed by atoms with E-state index in [1.165, 1.54) is 11.1 Å². The Morgan fingerprint density at radius 2 is 1.83 bits per heavy atom. The lowest BCUT2D eigenvalue weighted by atomic mass is 9.98. The zero-order valence-electron chi connectivity index (χ0n) is 13.2. The van der Waals surface area contributed by atoms with Crippen molar-refractivity contribution in [2.75, 3.05) is 0 Å². The second-order valence-corrected chi connectivity index (χ2v) is 6.35. The van der Waals surface area contributed by atoms with Crippen LogP contribution in [0.15, 0.2) is 59.5 Å². The molecular weight excluding hydrogens is 298 g/mol. The molecule has 0 saturated heterocycles. The molecule has 5 rings (SSSR count). The summed E-state index contributed by atoms with van der Waals surface area (Å²) in [6.45, 7) is 1.01. The third-order valence-corrected chi connectivity index (χ3v) is 4.94. The van der Waals surface area contributed by atoms with Gasteiger partial charge in [-0.15, -0.1) is 0 Å². The van der Waals surface area contributed by atoms with Crippen LogP contribution >= 0.6 is 0 Å². The van der Waals surface area contributed by atoms with E-state index in [2.05, 4.69) is 39.2 Å². The molecule has 1 aliphatic rings. The molecule has 0 fully saturated rings. The van der Waals surface area contributed by atoms with E-state index in [1.54, 1.807) is 0 Å². The van der Waals surface area contributed by atoms with Gasteiger partial charge in [0, 0.05) is 29.3 Å². The van der Waals surface area contributed by atoms with Gasteiger partial charge in [-0.1, -0.05) is 48.5 Å². The number of nitrogens with zero attached hydrogens (tertiary/aromatic N) is 1. The number of benzene rings is 2. The molecule has 0 unspecified atom stereocenters. The molecule has 2 aromatic carbocycles. The fourth-order valence-electron chi connectivity index (χ4n) is 3.89. The minimum absolute atomic E-state index is 0.0717. The van der Waals surface area contributed by atoms with Crippen LogP contribution in [-0.2, 0) is 13.0 Å². The van der Waals surface area contributed by atoms with Crippen molar-refractivity contribution in [3.05, 3.63) is 70.6 Å².